The van der Waals surface area contributed by atoms with Gasteiger partial charge in [0.15, 0.2) is 0 Å². The SMILES string of the molecule is C/C(=N\NC(=O)c1cc(Cl)ccc1O)c1ccc2ccccc2c1O. The fraction of sp³-hybridized carbons (Fsp3) is 0.0526. The minimum atomic E-state index is -0.598. The third-order valence-corrected chi connectivity index (χ3v) is 4.05. The lowest BCUT2D eigenvalue weighted by Crippen LogP contribution is -2.19. The first-order valence-electron chi connectivity index (χ1n) is 7.51. The molecule has 126 valence electrons. The van der Waals surface area contributed by atoms with E-state index in [2.05, 4.69) is 10.5 Å². The van der Waals surface area contributed by atoms with Crippen LogP contribution in [0.3, 0.4) is 0 Å². The molecule has 0 atom stereocenters. The highest BCUT2D eigenvalue weighted by atomic mass is 35.5. The predicted octanol–water partition coefficient (Wildman–Crippen LogP) is 4.06. The van der Waals surface area contributed by atoms with Gasteiger partial charge >= 0.3 is 0 Å². The molecule has 3 rings (SSSR count). The molecule has 3 N–H and O–H groups in total. The molecule has 0 aliphatic carbocycles. The van der Waals surface area contributed by atoms with Crippen LogP contribution in [0.5, 0.6) is 11.5 Å². The zero-order chi connectivity index (χ0) is 18.0. The Morgan fingerprint density at radius 2 is 1.80 bits per heavy atom. The Morgan fingerprint density at radius 3 is 2.60 bits per heavy atom. The maximum Gasteiger partial charge on any atom is 0.275 e. The first kappa shape index (κ1) is 16.8. The highest BCUT2D eigenvalue weighted by Gasteiger charge is 2.13. The molecule has 0 bridgehead atoms. The van der Waals surface area contributed by atoms with Crippen molar-refractivity contribution in [2.75, 3.05) is 0 Å². The summed E-state index contributed by atoms with van der Waals surface area (Å²) in [6, 6.07) is 15.2. The number of rotatable bonds is 3. The summed E-state index contributed by atoms with van der Waals surface area (Å²) < 4.78 is 0. The first-order chi connectivity index (χ1) is 12.0. The third kappa shape index (κ3) is 3.41. The van der Waals surface area contributed by atoms with Crippen LogP contribution >= 0.6 is 11.6 Å². The van der Waals surface area contributed by atoms with Crippen LogP contribution in [-0.4, -0.2) is 21.8 Å². The van der Waals surface area contributed by atoms with E-state index in [9.17, 15) is 15.0 Å². The van der Waals surface area contributed by atoms with Crippen molar-refractivity contribution in [2.45, 2.75) is 6.92 Å². The molecule has 6 heteroatoms. The van der Waals surface area contributed by atoms with E-state index in [4.69, 9.17) is 11.6 Å². The van der Waals surface area contributed by atoms with E-state index in [1.807, 2.05) is 30.3 Å². The smallest absolute Gasteiger partial charge is 0.275 e. The van der Waals surface area contributed by atoms with Gasteiger partial charge in [0.1, 0.15) is 11.5 Å². The third-order valence-electron chi connectivity index (χ3n) is 3.82. The van der Waals surface area contributed by atoms with Crippen molar-refractivity contribution in [1.82, 2.24) is 5.43 Å². The highest BCUT2D eigenvalue weighted by molar-refractivity contribution is 6.31. The van der Waals surface area contributed by atoms with Crippen molar-refractivity contribution in [1.29, 1.82) is 0 Å². The van der Waals surface area contributed by atoms with Crippen LogP contribution in [0.1, 0.15) is 22.8 Å². The molecule has 0 unspecified atom stereocenters. The highest BCUT2D eigenvalue weighted by Crippen LogP contribution is 2.29. The van der Waals surface area contributed by atoms with E-state index in [0.29, 0.717) is 21.7 Å². The number of carbonyl (C=O) groups excluding carboxylic acids is 1. The zero-order valence-electron chi connectivity index (χ0n) is 13.3. The van der Waals surface area contributed by atoms with E-state index in [1.165, 1.54) is 18.2 Å². The quantitative estimate of drug-likeness (QED) is 0.490. The van der Waals surface area contributed by atoms with Gasteiger partial charge in [-0.05, 0) is 36.6 Å². The second-order valence-corrected chi connectivity index (χ2v) is 5.92. The monoisotopic (exact) mass is 354 g/mol. The molecule has 0 heterocycles. The van der Waals surface area contributed by atoms with Crippen molar-refractivity contribution in [3.8, 4) is 11.5 Å². The maximum atomic E-state index is 12.2. The Morgan fingerprint density at radius 1 is 1.04 bits per heavy atom. The molecule has 0 aliphatic rings. The van der Waals surface area contributed by atoms with E-state index < -0.39 is 5.91 Å². The van der Waals surface area contributed by atoms with Crippen molar-refractivity contribution in [3.05, 3.63) is 70.7 Å². The molecule has 0 aromatic heterocycles. The Balaban J connectivity index is 1.88. The second kappa shape index (κ2) is 6.83. The summed E-state index contributed by atoms with van der Waals surface area (Å²) in [5.74, 6) is -0.692. The zero-order valence-corrected chi connectivity index (χ0v) is 14.1. The van der Waals surface area contributed by atoms with Crippen LogP contribution in [0.15, 0.2) is 59.7 Å². The van der Waals surface area contributed by atoms with Gasteiger partial charge in [0.05, 0.1) is 11.3 Å². The predicted molar refractivity (Wildman–Crippen MR) is 98.4 cm³/mol. The van der Waals surface area contributed by atoms with Crippen molar-refractivity contribution < 1.29 is 15.0 Å². The summed E-state index contributed by atoms with van der Waals surface area (Å²) >= 11 is 5.84. The Hall–Kier alpha value is -3.05. The van der Waals surface area contributed by atoms with Crippen LogP contribution in [0.4, 0.5) is 0 Å². The Kier molecular flexibility index (Phi) is 4.59. The molecule has 3 aromatic rings. The van der Waals surface area contributed by atoms with Gasteiger partial charge in [-0.1, -0.05) is 41.9 Å². The number of hydrogen-bond donors (Lipinski definition) is 3. The fourth-order valence-corrected chi connectivity index (χ4v) is 2.66. The number of carbonyl (C=O) groups is 1. The number of nitrogens with one attached hydrogen (secondary N) is 1. The topological polar surface area (TPSA) is 81.9 Å². The van der Waals surface area contributed by atoms with Crippen LogP contribution in [0.2, 0.25) is 5.02 Å². The van der Waals surface area contributed by atoms with Crippen LogP contribution in [0.25, 0.3) is 10.8 Å². The first-order valence-corrected chi connectivity index (χ1v) is 7.89. The van der Waals surface area contributed by atoms with Gasteiger partial charge in [0, 0.05) is 16.0 Å². The number of aromatic hydroxyl groups is 2. The van der Waals surface area contributed by atoms with Gasteiger partial charge in [-0.25, -0.2) is 5.43 Å². The summed E-state index contributed by atoms with van der Waals surface area (Å²) in [7, 11) is 0. The van der Waals surface area contributed by atoms with Crippen LogP contribution in [-0.2, 0) is 0 Å². The van der Waals surface area contributed by atoms with E-state index in [0.717, 1.165) is 5.39 Å². The number of phenolic OH excluding ortho intramolecular Hbond substituents is 2. The lowest BCUT2D eigenvalue weighted by Gasteiger charge is -2.08. The largest absolute Gasteiger partial charge is 0.507 e. The normalized spacial score (nSPS) is 11.5. The van der Waals surface area contributed by atoms with Gasteiger partial charge in [0.2, 0.25) is 0 Å². The summed E-state index contributed by atoms with van der Waals surface area (Å²) in [5, 5.41) is 26.1. The molecule has 3 aromatic carbocycles. The maximum absolute atomic E-state index is 12.2. The second-order valence-electron chi connectivity index (χ2n) is 5.48. The minimum Gasteiger partial charge on any atom is -0.507 e. The average Bonchev–Trinajstić information content (AvgIpc) is 2.62. The summed E-state index contributed by atoms with van der Waals surface area (Å²) in [6.45, 7) is 1.67. The van der Waals surface area contributed by atoms with Gasteiger partial charge in [-0.2, -0.15) is 5.10 Å². The number of hydrogen-bond acceptors (Lipinski definition) is 4. The fourth-order valence-electron chi connectivity index (χ4n) is 2.49. The molecule has 0 radical (unpaired) electrons. The number of amides is 1. The van der Waals surface area contributed by atoms with Crippen molar-refractivity contribution in [3.63, 3.8) is 0 Å². The lowest BCUT2D eigenvalue weighted by atomic mass is 10.0. The molecule has 0 saturated heterocycles. The number of halogens is 1. The number of phenols is 2. The summed E-state index contributed by atoms with van der Waals surface area (Å²) in [4.78, 5) is 12.2. The van der Waals surface area contributed by atoms with Gasteiger partial charge in [-0.3, -0.25) is 4.79 Å². The van der Waals surface area contributed by atoms with Gasteiger partial charge in [-0.15, -0.1) is 0 Å². The molecule has 1 amide bonds. The van der Waals surface area contributed by atoms with Crippen LogP contribution in [0, 0.1) is 0 Å². The molecular weight excluding hydrogens is 340 g/mol. The van der Waals surface area contributed by atoms with Gasteiger partial charge in [0.25, 0.3) is 5.91 Å². The van der Waals surface area contributed by atoms with E-state index in [1.54, 1.807) is 13.0 Å². The Bertz CT molecular complexity index is 999. The molecule has 0 aliphatic heterocycles. The standard InChI is InChI=1S/C19H15ClN2O3/c1-11(14-8-6-12-4-2-3-5-15(12)18(14)24)21-22-19(25)16-10-13(20)7-9-17(16)23/h2-10,23-24H,1H3,(H,22,25)/b21-11+. The van der Waals surface area contributed by atoms with Crippen molar-refractivity contribution >= 4 is 34.0 Å². The van der Waals surface area contributed by atoms with Crippen LogP contribution < -0.4 is 5.43 Å². The number of hydrazone groups is 1. The van der Waals surface area contributed by atoms with Crippen molar-refractivity contribution in [2.24, 2.45) is 5.10 Å². The van der Waals surface area contributed by atoms with Gasteiger partial charge < -0.3 is 10.2 Å². The molecule has 0 spiro atoms. The molecule has 0 fully saturated rings. The van der Waals surface area contributed by atoms with E-state index in [-0.39, 0.29) is 17.1 Å². The minimum absolute atomic E-state index is 0.0202. The number of benzene rings is 3. The average molecular weight is 355 g/mol. The summed E-state index contributed by atoms with van der Waals surface area (Å²) in [5.41, 5.74) is 3.32. The Labute approximate surface area is 149 Å². The summed E-state index contributed by atoms with van der Waals surface area (Å²) in [6.07, 6.45) is 0. The number of nitrogens with zero attached hydrogens (tertiary/aromatic N) is 1. The van der Waals surface area contributed by atoms with E-state index >= 15 is 0 Å². The molecular formula is C19H15ClN2O3. The lowest BCUT2D eigenvalue weighted by molar-refractivity contribution is 0.0952. The number of fused-ring (bicyclic) bond motifs is 1. The molecule has 0 saturated carbocycles. The molecule has 25 heavy (non-hydrogen) atoms. The molecule has 5 nitrogen and oxygen atoms in total.